The van der Waals surface area contributed by atoms with Gasteiger partial charge in [-0.2, -0.15) is 0 Å². The topological polar surface area (TPSA) is 97.6 Å². The van der Waals surface area contributed by atoms with Crippen molar-refractivity contribution < 1.29 is 22.4 Å². The zero-order valence-electron chi connectivity index (χ0n) is 15.2. The van der Waals surface area contributed by atoms with Gasteiger partial charge in [-0.05, 0) is 61.5 Å². The van der Waals surface area contributed by atoms with Crippen molar-refractivity contribution in [2.45, 2.75) is 18.4 Å². The highest BCUT2D eigenvalue weighted by atomic mass is 32.2. The van der Waals surface area contributed by atoms with Crippen molar-refractivity contribution in [3.63, 3.8) is 0 Å². The van der Waals surface area contributed by atoms with Crippen LogP contribution in [0.15, 0.2) is 76.2 Å². The number of furan rings is 1. The predicted molar refractivity (Wildman–Crippen MR) is 105 cm³/mol. The van der Waals surface area contributed by atoms with Gasteiger partial charge >= 0.3 is 0 Å². The molecule has 0 atom stereocenters. The molecule has 0 saturated heterocycles. The third kappa shape index (κ3) is 4.99. The maximum absolute atomic E-state index is 12.5. The number of nitrogens with one attached hydrogen (secondary N) is 2. The smallest absolute Gasteiger partial charge is 0.255 e. The number of rotatable bonds is 8. The summed E-state index contributed by atoms with van der Waals surface area (Å²) in [5, 5.41) is 2.74. The Hall–Kier alpha value is -3.10. The Morgan fingerprint density at radius 2 is 1.86 bits per heavy atom. The zero-order chi connectivity index (χ0) is 20.0. The molecule has 3 aromatic rings. The molecular weight excluding hydrogens is 380 g/mol. The second kappa shape index (κ2) is 8.73. The summed E-state index contributed by atoms with van der Waals surface area (Å²) in [4.78, 5) is 12.5. The van der Waals surface area contributed by atoms with Crippen LogP contribution >= 0.6 is 0 Å². The SMILES string of the molecule is CCOc1ccc(NC(=O)c2cccc(S(=O)(=O)NCc3ccco3)c2)cc1. The second-order valence-electron chi connectivity index (χ2n) is 5.84. The van der Waals surface area contributed by atoms with E-state index in [1.165, 1.54) is 24.5 Å². The standard InChI is InChI=1S/C20H20N2O5S/c1-2-26-17-10-8-16(9-11-17)22-20(23)15-5-3-7-19(13-15)28(24,25)21-14-18-6-4-12-27-18/h3-13,21H,2,14H2,1H3,(H,22,23). The zero-order valence-corrected chi connectivity index (χ0v) is 16.0. The van der Waals surface area contributed by atoms with Gasteiger partial charge in [0.05, 0.1) is 24.3 Å². The van der Waals surface area contributed by atoms with Crippen molar-refractivity contribution in [3.8, 4) is 5.75 Å². The lowest BCUT2D eigenvalue weighted by Crippen LogP contribution is -2.23. The number of carbonyl (C=O) groups is 1. The molecule has 1 aromatic heterocycles. The van der Waals surface area contributed by atoms with Crippen molar-refractivity contribution >= 4 is 21.6 Å². The van der Waals surface area contributed by atoms with Gasteiger partial charge in [0.2, 0.25) is 10.0 Å². The third-order valence-electron chi connectivity index (χ3n) is 3.85. The minimum Gasteiger partial charge on any atom is -0.494 e. The molecule has 1 amide bonds. The first-order chi connectivity index (χ1) is 13.5. The minimum atomic E-state index is -3.78. The fourth-order valence-corrected chi connectivity index (χ4v) is 3.51. The maximum Gasteiger partial charge on any atom is 0.255 e. The van der Waals surface area contributed by atoms with Crippen molar-refractivity contribution in [1.82, 2.24) is 4.72 Å². The fraction of sp³-hybridized carbons (Fsp3) is 0.150. The predicted octanol–water partition coefficient (Wildman–Crippen LogP) is 3.41. The van der Waals surface area contributed by atoms with Gasteiger partial charge in [-0.25, -0.2) is 13.1 Å². The number of anilines is 1. The van der Waals surface area contributed by atoms with E-state index in [0.29, 0.717) is 23.8 Å². The van der Waals surface area contributed by atoms with E-state index < -0.39 is 15.9 Å². The normalized spacial score (nSPS) is 11.2. The largest absolute Gasteiger partial charge is 0.494 e. The lowest BCUT2D eigenvalue weighted by Gasteiger charge is -2.09. The maximum atomic E-state index is 12.5. The van der Waals surface area contributed by atoms with Crippen molar-refractivity contribution in [2.24, 2.45) is 0 Å². The third-order valence-corrected chi connectivity index (χ3v) is 5.25. The summed E-state index contributed by atoms with van der Waals surface area (Å²) in [6, 6.07) is 16.1. The molecule has 0 aliphatic heterocycles. The minimum absolute atomic E-state index is 0.00148. The van der Waals surface area contributed by atoms with Crippen LogP contribution < -0.4 is 14.8 Å². The Balaban J connectivity index is 1.70. The summed E-state index contributed by atoms with van der Waals surface area (Å²) >= 11 is 0. The summed E-state index contributed by atoms with van der Waals surface area (Å²) in [5.74, 6) is 0.788. The lowest BCUT2D eigenvalue weighted by atomic mass is 10.2. The van der Waals surface area contributed by atoms with E-state index >= 15 is 0 Å². The quantitative estimate of drug-likeness (QED) is 0.604. The van der Waals surface area contributed by atoms with Crippen LogP contribution in [0.1, 0.15) is 23.0 Å². The van der Waals surface area contributed by atoms with Crippen LogP contribution in [0, 0.1) is 0 Å². The summed E-state index contributed by atoms with van der Waals surface area (Å²) in [6.07, 6.45) is 1.47. The van der Waals surface area contributed by atoms with E-state index in [9.17, 15) is 13.2 Å². The van der Waals surface area contributed by atoms with Crippen LogP contribution in [0.4, 0.5) is 5.69 Å². The molecule has 0 radical (unpaired) electrons. The molecular formula is C20H20N2O5S. The Kier molecular flexibility index (Phi) is 6.13. The molecule has 2 N–H and O–H groups in total. The van der Waals surface area contributed by atoms with Crippen LogP contribution in [0.25, 0.3) is 0 Å². The number of sulfonamides is 1. The van der Waals surface area contributed by atoms with Gasteiger partial charge in [0, 0.05) is 11.3 Å². The summed E-state index contributed by atoms with van der Waals surface area (Å²) < 4.78 is 37.8. The highest BCUT2D eigenvalue weighted by Gasteiger charge is 2.17. The Morgan fingerprint density at radius 3 is 2.54 bits per heavy atom. The first-order valence-corrected chi connectivity index (χ1v) is 10.1. The molecule has 0 aliphatic carbocycles. The molecule has 0 fully saturated rings. The number of amides is 1. The molecule has 8 heteroatoms. The highest BCUT2D eigenvalue weighted by Crippen LogP contribution is 2.18. The molecule has 146 valence electrons. The molecule has 3 rings (SSSR count). The number of benzene rings is 2. The van der Waals surface area contributed by atoms with E-state index in [2.05, 4.69) is 10.0 Å². The van der Waals surface area contributed by atoms with Crippen LogP contribution in [0.3, 0.4) is 0 Å². The molecule has 2 aromatic carbocycles. The molecule has 28 heavy (non-hydrogen) atoms. The van der Waals surface area contributed by atoms with Gasteiger partial charge in [0.25, 0.3) is 5.91 Å². The molecule has 0 aliphatic rings. The van der Waals surface area contributed by atoms with Crippen LogP contribution in [0.2, 0.25) is 0 Å². The Bertz CT molecular complexity index is 1030. The van der Waals surface area contributed by atoms with Crippen LogP contribution in [-0.4, -0.2) is 20.9 Å². The average Bonchev–Trinajstić information content (AvgIpc) is 3.22. The highest BCUT2D eigenvalue weighted by molar-refractivity contribution is 7.89. The van der Waals surface area contributed by atoms with E-state index in [0.717, 1.165) is 0 Å². The number of hydrogen-bond donors (Lipinski definition) is 2. The molecule has 1 heterocycles. The molecule has 0 spiro atoms. The second-order valence-corrected chi connectivity index (χ2v) is 7.61. The fourth-order valence-electron chi connectivity index (χ4n) is 2.47. The van der Waals surface area contributed by atoms with Gasteiger partial charge in [-0.1, -0.05) is 6.07 Å². The molecule has 0 saturated carbocycles. The average molecular weight is 400 g/mol. The van der Waals surface area contributed by atoms with Crippen molar-refractivity contribution in [3.05, 3.63) is 78.3 Å². The molecule has 0 bridgehead atoms. The summed E-state index contributed by atoms with van der Waals surface area (Å²) in [5.41, 5.74) is 0.812. The summed E-state index contributed by atoms with van der Waals surface area (Å²) in [6.45, 7) is 2.47. The first kappa shape index (κ1) is 19.7. The monoisotopic (exact) mass is 400 g/mol. The van der Waals surface area contributed by atoms with E-state index in [1.54, 1.807) is 42.5 Å². The molecule has 0 unspecified atom stereocenters. The van der Waals surface area contributed by atoms with Gasteiger partial charge in [0.15, 0.2) is 0 Å². The van der Waals surface area contributed by atoms with Gasteiger partial charge in [-0.15, -0.1) is 0 Å². The lowest BCUT2D eigenvalue weighted by molar-refractivity contribution is 0.102. The number of hydrogen-bond acceptors (Lipinski definition) is 5. The number of ether oxygens (including phenoxy) is 1. The first-order valence-electron chi connectivity index (χ1n) is 8.64. The van der Waals surface area contributed by atoms with Gasteiger partial charge in [0.1, 0.15) is 11.5 Å². The van der Waals surface area contributed by atoms with Crippen molar-refractivity contribution in [2.75, 3.05) is 11.9 Å². The van der Waals surface area contributed by atoms with Gasteiger partial charge in [-0.3, -0.25) is 4.79 Å². The molecule has 7 nitrogen and oxygen atoms in total. The van der Waals surface area contributed by atoms with E-state index in [1.807, 2.05) is 6.92 Å². The number of carbonyl (C=O) groups excluding carboxylic acids is 1. The Labute approximate surface area is 163 Å². The summed E-state index contributed by atoms with van der Waals surface area (Å²) in [7, 11) is -3.78. The van der Waals surface area contributed by atoms with Crippen LogP contribution in [-0.2, 0) is 16.6 Å². The van der Waals surface area contributed by atoms with E-state index in [4.69, 9.17) is 9.15 Å². The van der Waals surface area contributed by atoms with Gasteiger partial charge < -0.3 is 14.5 Å². The Morgan fingerprint density at radius 1 is 1.07 bits per heavy atom. The van der Waals surface area contributed by atoms with Crippen molar-refractivity contribution in [1.29, 1.82) is 0 Å². The van der Waals surface area contributed by atoms with E-state index in [-0.39, 0.29) is 17.0 Å². The van der Waals surface area contributed by atoms with Crippen LogP contribution in [0.5, 0.6) is 5.75 Å².